The van der Waals surface area contributed by atoms with E-state index in [4.69, 9.17) is 0 Å². The lowest BCUT2D eigenvalue weighted by molar-refractivity contribution is 0.0740. The van der Waals surface area contributed by atoms with Crippen LogP contribution in [0.3, 0.4) is 0 Å². The zero-order valence-corrected chi connectivity index (χ0v) is 9.77. The van der Waals surface area contributed by atoms with Crippen molar-refractivity contribution in [3.8, 4) is 0 Å². The van der Waals surface area contributed by atoms with E-state index in [0.717, 1.165) is 37.5 Å². The van der Waals surface area contributed by atoms with E-state index in [2.05, 4.69) is 18.3 Å². The molecule has 1 aromatic rings. The van der Waals surface area contributed by atoms with E-state index < -0.39 is 0 Å². The molecule has 0 bridgehead atoms. The van der Waals surface area contributed by atoms with Gasteiger partial charge in [0.05, 0.1) is 4.88 Å². The van der Waals surface area contributed by atoms with Gasteiger partial charge in [-0.2, -0.15) is 0 Å². The van der Waals surface area contributed by atoms with Crippen molar-refractivity contribution in [2.24, 2.45) is 0 Å². The summed E-state index contributed by atoms with van der Waals surface area (Å²) in [7, 11) is 0. The summed E-state index contributed by atoms with van der Waals surface area (Å²) in [5, 5.41) is 5.26. The first-order valence-corrected chi connectivity index (χ1v) is 6.27. The molecule has 1 aromatic heterocycles. The molecule has 3 nitrogen and oxygen atoms in total. The highest BCUT2D eigenvalue weighted by atomic mass is 32.1. The summed E-state index contributed by atoms with van der Waals surface area (Å²) < 4.78 is 0. The van der Waals surface area contributed by atoms with Crippen LogP contribution in [0.1, 0.15) is 22.2 Å². The van der Waals surface area contributed by atoms with E-state index in [9.17, 15) is 4.79 Å². The van der Waals surface area contributed by atoms with Crippen LogP contribution < -0.4 is 5.32 Å². The lowest BCUT2D eigenvalue weighted by Crippen LogP contribution is -2.46. The van der Waals surface area contributed by atoms with Crippen molar-refractivity contribution in [2.45, 2.75) is 13.3 Å². The van der Waals surface area contributed by atoms with Crippen molar-refractivity contribution < 1.29 is 4.79 Å². The molecule has 2 rings (SSSR count). The second-order valence-electron chi connectivity index (χ2n) is 3.67. The normalized spacial score (nSPS) is 16.7. The van der Waals surface area contributed by atoms with Crippen LogP contribution in [0, 0.1) is 0 Å². The number of thiophene rings is 1. The van der Waals surface area contributed by atoms with Crippen LogP contribution in [0.15, 0.2) is 11.4 Å². The maximum absolute atomic E-state index is 12.1. The maximum atomic E-state index is 12.1. The second kappa shape index (κ2) is 4.77. The summed E-state index contributed by atoms with van der Waals surface area (Å²) >= 11 is 1.56. The lowest BCUT2D eigenvalue weighted by atomic mass is 10.2. The molecular formula is C11H16N2OS. The molecule has 1 fully saturated rings. The Labute approximate surface area is 94.1 Å². The zero-order valence-electron chi connectivity index (χ0n) is 8.95. The summed E-state index contributed by atoms with van der Waals surface area (Å²) in [6.07, 6.45) is 0.941. The fourth-order valence-corrected chi connectivity index (χ4v) is 2.78. The minimum Gasteiger partial charge on any atom is -0.335 e. The van der Waals surface area contributed by atoms with E-state index in [0.29, 0.717) is 0 Å². The number of carbonyl (C=O) groups excluding carboxylic acids is 1. The lowest BCUT2D eigenvalue weighted by Gasteiger charge is -2.27. The molecule has 82 valence electrons. The molecule has 1 aliphatic rings. The molecule has 1 N–H and O–H groups in total. The van der Waals surface area contributed by atoms with Gasteiger partial charge in [0.2, 0.25) is 0 Å². The highest BCUT2D eigenvalue weighted by Gasteiger charge is 2.20. The Hall–Kier alpha value is -0.870. The number of carbonyl (C=O) groups is 1. The molecule has 15 heavy (non-hydrogen) atoms. The molecule has 0 aliphatic carbocycles. The quantitative estimate of drug-likeness (QED) is 0.822. The average molecular weight is 224 g/mol. The van der Waals surface area contributed by atoms with Gasteiger partial charge in [0.1, 0.15) is 0 Å². The first-order chi connectivity index (χ1) is 7.33. The van der Waals surface area contributed by atoms with Crippen LogP contribution in [-0.2, 0) is 6.42 Å². The predicted molar refractivity (Wildman–Crippen MR) is 62.5 cm³/mol. The van der Waals surface area contributed by atoms with Gasteiger partial charge in [-0.3, -0.25) is 4.79 Å². The van der Waals surface area contributed by atoms with Crippen LogP contribution in [0.25, 0.3) is 0 Å². The summed E-state index contributed by atoms with van der Waals surface area (Å²) in [4.78, 5) is 15.0. The first kappa shape index (κ1) is 10.6. The van der Waals surface area contributed by atoms with Crippen LogP contribution in [0.4, 0.5) is 0 Å². The zero-order chi connectivity index (χ0) is 10.7. The van der Waals surface area contributed by atoms with Gasteiger partial charge in [-0.1, -0.05) is 6.92 Å². The van der Waals surface area contributed by atoms with Crippen molar-refractivity contribution in [2.75, 3.05) is 26.2 Å². The van der Waals surface area contributed by atoms with Crippen molar-refractivity contribution >= 4 is 17.2 Å². The van der Waals surface area contributed by atoms with E-state index in [1.807, 2.05) is 10.3 Å². The third-order valence-corrected chi connectivity index (χ3v) is 3.67. The van der Waals surface area contributed by atoms with E-state index in [1.54, 1.807) is 11.3 Å². The van der Waals surface area contributed by atoms with Crippen molar-refractivity contribution in [3.05, 3.63) is 21.9 Å². The number of aryl methyl sites for hydroxylation is 1. The fraction of sp³-hybridized carbons (Fsp3) is 0.545. The van der Waals surface area contributed by atoms with E-state index in [-0.39, 0.29) is 5.91 Å². The Morgan fingerprint density at radius 2 is 2.27 bits per heavy atom. The highest BCUT2D eigenvalue weighted by molar-refractivity contribution is 7.12. The second-order valence-corrected chi connectivity index (χ2v) is 4.59. The van der Waals surface area contributed by atoms with Gasteiger partial charge in [-0.25, -0.2) is 0 Å². The van der Waals surface area contributed by atoms with Gasteiger partial charge in [-0.05, 0) is 23.4 Å². The van der Waals surface area contributed by atoms with Crippen molar-refractivity contribution in [1.29, 1.82) is 0 Å². The number of hydrogen-bond donors (Lipinski definition) is 1. The molecule has 0 saturated carbocycles. The SMILES string of the molecule is CCc1ccsc1C(=O)N1CCNCC1. The fourth-order valence-electron chi connectivity index (χ4n) is 1.81. The molecule has 1 amide bonds. The Balaban J connectivity index is 2.12. The largest absolute Gasteiger partial charge is 0.335 e. The van der Waals surface area contributed by atoms with Gasteiger partial charge in [0.15, 0.2) is 0 Å². The van der Waals surface area contributed by atoms with Crippen molar-refractivity contribution in [1.82, 2.24) is 10.2 Å². The van der Waals surface area contributed by atoms with Crippen LogP contribution in [0.2, 0.25) is 0 Å². The number of rotatable bonds is 2. The molecule has 4 heteroatoms. The van der Waals surface area contributed by atoms with Gasteiger partial charge in [0, 0.05) is 26.2 Å². The molecule has 1 aliphatic heterocycles. The topological polar surface area (TPSA) is 32.3 Å². The Bertz CT molecular complexity index is 342. The number of amides is 1. The molecule has 0 spiro atoms. The number of piperazine rings is 1. The van der Waals surface area contributed by atoms with E-state index >= 15 is 0 Å². The Kier molecular flexibility index (Phi) is 3.38. The smallest absolute Gasteiger partial charge is 0.264 e. The number of hydrogen-bond acceptors (Lipinski definition) is 3. The summed E-state index contributed by atoms with van der Waals surface area (Å²) in [5.74, 6) is 0.211. The van der Waals surface area contributed by atoms with E-state index in [1.165, 1.54) is 5.56 Å². The van der Waals surface area contributed by atoms with Crippen LogP contribution in [-0.4, -0.2) is 37.0 Å². The van der Waals surface area contributed by atoms with Gasteiger partial charge in [-0.15, -0.1) is 11.3 Å². The summed E-state index contributed by atoms with van der Waals surface area (Å²) in [6.45, 7) is 5.59. The third kappa shape index (κ3) is 2.21. The summed E-state index contributed by atoms with van der Waals surface area (Å²) in [5.41, 5.74) is 1.18. The molecule has 0 unspecified atom stereocenters. The number of nitrogens with one attached hydrogen (secondary N) is 1. The van der Waals surface area contributed by atoms with Crippen LogP contribution in [0.5, 0.6) is 0 Å². The predicted octanol–water partition coefficient (Wildman–Crippen LogP) is 1.36. The average Bonchev–Trinajstić information content (AvgIpc) is 2.77. The van der Waals surface area contributed by atoms with Gasteiger partial charge >= 0.3 is 0 Å². The monoisotopic (exact) mass is 224 g/mol. The minimum absolute atomic E-state index is 0.211. The molecule has 0 radical (unpaired) electrons. The molecule has 1 saturated heterocycles. The number of nitrogens with zero attached hydrogens (tertiary/aromatic N) is 1. The summed E-state index contributed by atoms with van der Waals surface area (Å²) in [6, 6.07) is 2.06. The maximum Gasteiger partial charge on any atom is 0.264 e. The van der Waals surface area contributed by atoms with Crippen molar-refractivity contribution in [3.63, 3.8) is 0 Å². The molecular weight excluding hydrogens is 208 g/mol. The Morgan fingerprint density at radius 3 is 2.93 bits per heavy atom. The molecule has 0 atom stereocenters. The standard InChI is InChI=1S/C11H16N2OS/c1-2-9-3-8-15-10(9)11(14)13-6-4-12-5-7-13/h3,8,12H,2,4-7H2,1H3. The minimum atomic E-state index is 0.211. The highest BCUT2D eigenvalue weighted by Crippen LogP contribution is 2.19. The van der Waals surface area contributed by atoms with Gasteiger partial charge in [0.25, 0.3) is 5.91 Å². The third-order valence-electron chi connectivity index (χ3n) is 2.73. The Morgan fingerprint density at radius 1 is 1.53 bits per heavy atom. The first-order valence-electron chi connectivity index (χ1n) is 5.39. The molecule has 2 heterocycles. The molecule has 0 aromatic carbocycles. The van der Waals surface area contributed by atoms with Gasteiger partial charge < -0.3 is 10.2 Å². The van der Waals surface area contributed by atoms with Crippen LogP contribution >= 0.6 is 11.3 Å².